The van der Waals surface area contributed by atoms with Gasteiger partial charge in [0.25, 0.3) is 11.8 Å². The number of amides is 2. The summed E-state index contributed by atoms with van der Waals surface area (Å²) in [6, 6.07) is 15.8. The maximum absolute atomic E-state index is 12.4. The third-order valence-electron chi connectivity index (χ3n) is 4.18. The summed E-state index contributed by atoms with van der Waals surface area (Å²) in [6.45, 7) is 0.0777. The second kappa shape index (κ2) is 9.75. The average molecular weight is 437 g/mol. The minimum atomic E-state index is -3.79. The second-order valence-corrected chi connectivity index (χ2v) is 8.13. The molecule has 8 nitrogen and oxygen atoms in total. The van der Waals surface area contributed by atoms with Crippen LogP contribution in [0.25, 0.3) is 0 Å². The van der Waals surface area contributed by atoms with E-state index in [1.165, 1.54) is 30.5 Å². The Labute approximate surface area is 179 Å². The van der Waals surface area contributed by atoms with Crippen molar-refractivity contribution >= 4 is 27.5 Å². The molecule has 9 heteroatoms. The molecule has 0 radical (unpaired) electrons. The fraction of sp³-hybridized carbons (Fsp3) is 0.0909. The number of terminal acetylenes is 1. The molecule has 1 heterocycles. The maximum atomic E-state index is 12.4. The summed E-state index contributed by atoms with van der Waals surface area (Å²) in [5.41, 5.74) is 1.57. The first-order chi connectivity index (χ1) is 14.9. The average Bonchev–Trinajstić information content (AvgIpc) is 3.32. The third kappa shape index (κ3) is 5.82. The van der Waals surface area contributed by atoms with Gasteiger partial charge in [0.2, 0.25) is 10.0 Å². The van der Waals surface area contributed by atoms with Gasteiger partial charge in [0, 0.05) is 17.8 Å². The monoisotopic (exact) mass is 437 g/mol. The topological polar surface area (TPSA) is 118 Å². The van der Waals surface area contributed by atoms with E-state index in [4.69, 9.17) is 10.8 Å². The van der Waals surface area contributed by atoms with Gasteiger partial charge in [-0.05, 0) is 48.0 Å². The predicted molar refractivity (Wildman–Crippen MR) is 115 cm³/mol. The Balaban J connectivity index is 1.59. The standard InChI is InChI=1S/C22H19N3O5S/c1-2-12-24-31(28,29)19-6-3-5-17(14-19)21(26)23-15-16-8-10-18(11-9-16)25-22(27)20-7-4-13-30-20/h1,3-11,13-14,24H,12,15H2,(H,23,26)(H,25,27). The molecule has 0 atom stereocenters. The van der Waals surface area contributed by atoms with Gasteiger partial charge in [-0.3, -0.25) is 9.59 Å². The van der Waals surface area contributed by atoms with Gasteiger partial charge in [-0.25, -0.2) is 8.42 Å². The molecule has 0 aliphatic carbocycles. The fourth-order valence-corrected chi connectivity index (χ4v) is 3.60. The first-order valence-corrected chi connectivity index (χ1v) is 10.6. The van der Waals surface area contributed by atoms with Crippen molar-refractivity contribution in [3.63, 3.8) is 0 Å². The van der Waals surface area contributed by atoms with Crippen LogP contribution in [0, 0.1) is 12.3 Å². The van der Waals surface area contributed by atoms with Crippen LogP contribution in [0.4, 0.5) is 5.69 Å². The van der Waals surface area contributed by atoms with Crippen LogP contribution in [-0.2, 0) is 16.6 Å². The van der Waals surface area contributed by atoms with Crippen LogP contribution in [0.1, 0.15) is 26.5 Å². The molecule has 0 spiro atoms. The van der Waals surface area contributed by atoms with Crippen LogP contribution in [-0.4, -0.2) is 26.8 Å². The lowest BCUT2D eigenvalue weighted by Crippen LogP contribution is -2.25. The van der Waals surface area contributed by atoms with E-state index in [1.54, 1.807) is 36.4 Å². The molecule has 31 heavy (non-hydrogen) atoms. The highest BCUT2D eigenvalue weighted by atomic mass is 32.2. The van der Waals surface area contributed by atoms with E-state index in [-0.39, 0.29) is 35.2 Å². The summed E-state index contributed by atoms with van der Waals surface area (Å²) in [7, 11) is -3.79. The molecule has 0 fully saturated rings. The smallest absolute Gasteiger partial charge is 0.291 e. The maximum Gasteiger partial charge on any atom is 0.291 e. The number of benzene rings is 2. The Hall–Kier alpha value is -3.87. The lowest BCUT2D eigenvalue weighted by molar-refractivity contribution is 0.0949. The highest BCUT2D eigenvalue weighted by Crippen LogP contribution is 2.14. The minimum Gasteiger partial charge on any atom is -0.459 e. The summed E-state index contributed by atoms with van der Waals surface area (Å²) in [6.07, 6.45) is 6.49. The van der Waals surface area contributed by atoms with Gasteiger partial charge < -0.3 is 15.1 Å². The SMILES string of the molecule is C#CCNS(=O)(=O)c1cccc(C(=O)NCc2ccc(NC(=O)c3ccco3)cc2)c1. The Morgan fingerprint density at radius 2 is 1.77 bits per heavy atom. The van der Waals surface area contributed by atoms with Crippen LogP contribution in [0.5, 0.6) is 0 Å². The van der Waals surface area contributed by atoms with Crippen LogP contribution in [0.15, 0.2) is 76.2 Å². The Kier molecular flexibility index (Phi) is 6.87. The lowest BCUT2D eigenvalue weighted by atomic mass is 10.2. The largest absolute Gasteiger partial charge is 0.459 e. The van der Waals surface area contributed by atoms with Gasteiger partial charge in [-0.2, -0.15) is 4.72 Å². The lowest BCUT2D eigenvalue weighted by Gasteiger charge is -2.09. The van der Waals surface area contributed by atoms with Crippen molar-refractivity contribution < 1.29 is 22.4 Å². The van der Waals surface area contributed by atoms with Crippen molar-refractivity contribution in [2.45, 2.75) is 11.4 Å². The molecule has 3 aromatic rings. The molecule has 2 aromatic carbocycles. The highest BCUT2D eigenvalue weighted by molar-refractivity contribution is 7.89. The van der Waals surface area contributed by atoms with Gasteiger partial charge in [0.1, 0.15) is 0 Å². The fourth-order valence-electron chi connectivity index (χ4n) is 2.62. The van der Waals surface area contributed by atoms with Crippen molar-refractivity contribution in [2.24, 2.45) is 0 Å². The van der Waals surface area contributed by atoms with E-state index in [0.29, 0.717) is 5.69 Å². The van der Waals surface area contributed by atoms with E-state index in [1.807, 2.05) is 0 Å². The van der Waals surface area contributed by atoms with E-state index in [0.717, 1.165) is 5.56 Å². The summed E-state index contributed by atoms with van der Waals surface area (Å²) >= 11 is 0. The number of hydrogen-bond acceptors (Lipinski definition) is 5. The summed E-state index contributed by atoms with van der Waals surface area (Å²) in [4.78, 5) is 24.3. The van der Waals surface area contributed by atoms with Crippen molar-refractivity contribution in [1.29, 1.82) is 0 Å². The van der Waals surface area contributed by atoms with E-state index in [9.17, 15) is 18.0 Å². The van der Waals surface area contributed by atoms with E-state index in [2.05, 4.69) is 21.3 Å². The Morgan fingerprint density at radius 3 is 2.45 bits per heavy atom. The summed E-state index contributed by atoms with van der Waals surface area (Å²) in [5, 5.41) is 5.43. The normalized spacial score (nSPS) is 10.8. The Bertz CT molecular complexity index is 1210. The number of sulfonamides is 1. The minimum absolute atomic E-state index is 0.0490. The van der Waals surface area contributed by atoms with Crippen LogP contribution < -0.4 is 15.4 Å². The predicted octanol–water partition coefficient (Wildman–Crippen LogP) is 2.37. The first-order valence-electron chi connectivity index (χ1n) is 9.14. The zero-order valence-electron chi connectivity index (χ0n) is 16.3. The number of furan rings is 1. The zero-order chi connectivity index (χ0) is 22.3. The molecule has 0 aliphatic heterocycles. The van der Waals surface area contributed by atoms with Gasteiger partial charge in [0.05, 0.1) is 17.7 Å². The molecule has 3 N–H and O–H groups in total. The molecule has 1 aromatic heterocycles. The summed E-state index contributed by atoms with van der Waals surface area (Å²) < 4.78 is 31.6. The van der Waals surface area contributed by atoms with E-state index < -0.39 is 15.9 Å². The van der Waals surface area contributed by atoms with E-state index >= 15 is 0 Å². The number of hydrogen-bond donors (Lipinski definition) is 3. The highest BCUT2D eigenvalue weighted by Gasteiger charge is 2.15. The number of carbonyl (C=O) groups is 2. The second-order valence-electron chi connectivity index (χ2n) is 6.37. The van der Waals surface area contributed by atoms with Crippen molar-refractivity contribution in [2.75, 3.05) is 11.9 Å². The molecular formula is C22H19N3O5S. The van der Waals surface area contributed by atoms with Gasteiger partial charge >= 0.3 is 0 Å². The quantitative estimate of drug-likeness (QED) is 0.468. The van der Waals surface area contributed by atoms with Crippen LogP contribution in [0.3, 0.4) is 0 Å². The molecule has 0 saturated carbocycles. The van der Waals surface area contributed by atoms with Crippen LogP contribution in [0.2, 0.25) is 0 Å². The number of rotatable bonds is 8. The molecule has 0 aliphatic rings. The zero-order valence-corrected chi connectivity index (χ0v) is 17.1. The molecule has 0 saturated heterocycles. The third-order valence-corrected chi connectivity index (χ3v) is 5.58. The van der Waals surface area contributed by atoms with Gasteiger partial charge in [-0.15, -0.1) is 6.42 Å². The van der Waals surface area contributed by atoms with Crippen molar-refractivity contribution in [1.82, 2.24) is 10.0 Å². The first kappa shape index (κ1) is 21.8. The van der Waals surface area contributed by atoms with Crippen molar-refractivity contribution in [3.05, 3.63) is 83.8 Å². The molecule has 0 unspecified atom stereocenters. The van der Waals surface area contributed by atoms with Gasteiger partial charge in [0.15, 0.2) is 5.76 Å². The Morgan fingerprint density at radius 1 is 1.00 bits per heavy atom. The number of nitrogens with one attached hydrogen (secondary N) is 3. The number of anilines is 1. The number of carbonyl (C=O) groups excluding carboxylic acids is 2. The molecular weight excluding hydrogens is 418 g/mol. The van der Waals surface area contributed by atoms with Gasteiger partial charge in [-0.1, -0.05) is 24.1 Å². The molecule has 3 rings (SSSR count). The molecule has 0 bridgehead atoms. The molecule has 158 valence electrons. The molecule has 2 amide bonds. The summed E-state index contributed by atoms with van der Waals surface area (Å²) in [5.74, 6) is 1.61. The van der Waals surface area contributed by atoms with Crippen LogP contribution >= 0.6 is 0 Å². The van der Waals surface area contributed by atoms with Crippen molar-refractivity contribution in [3.8, 4) is 12.3 Å².